The molecule has 0 aliphatic heterocycles. The molecule has 11 heteroatoms. The number of hydrogen-bond acceptors (Lipinski definition) is 5. The lowest BCUT2D eigenvalue weighted by Gasteiger charge is -2.05. The molecule has 0 saturated heterocycles. The lowest BCUT2D eigenvalue weighted by molar-refractivity contribution is -0.137. The molecule has 0 fully saturated rings. The minimum Gasteiger partial charge on any atom is -0.481 e. The van der Waals surface area contributed by atoms with Crippen molar-refractivity contribution in [3.8, 4) is 11.4 Å². The van der Waals surface area contributed by atoms with Crippen molar-refractivity contribution in [3.63, 3.8) is 0 Å². The molecule has 0 bridgehead atoms. The van der Waals surface area contributed by atoms with Gasteiger partial charge in [0.2, 0.25) is 0 Å². The van der Waals surface area contributed by atoms with Crippen molar-refractivity contribution in [2.24, 2.45) is 0 Å². The third kappa shape index (κ3) is 5.30. The number of benzene rings is 1. The van der Waals surface area contributed by atoms with Gasteiger partial charge < -0.3 is 10.1 Å². The van der Waals surface area contributed by atoms with Crippen LogP contribution in [0.25, 0.3) is 22.4 Å². The lowest BCUT2D eigenvalue weighted by atomic mass is 10.2. The molecule has 0 aliphatic carbocycles. The van der Waals surface area contributed by atoms with E-state index in [9.17, 15) is 18.0 Å². The van der Waals surface area contributed by atoms with Crippen molar-refractivity contribution < 1.29 is 23.1 Å². The van der Waals surface area contributed by atoms with Crippen LogP contribution in [0.2, 0.25) is 0 Å². The van der Waals surface area contributed by atoms with Gasteiger partial charge in [0.1, 0.15) is 11.6 Å². The number of nitrogens with zero attached hydrogens (tertiary/aromatic N) is 2. The zero-order chi connectivity index (χ0) is 18.7. The third-order valence-electron chi connectivity index (χ3n) is 3.42. The number of nitrogens with one attached hydrogen (secondary N) is 1. The number of carboxylic acid groups (broad SMARTS) is 1. The maximum absolute atomic E-state index is 12.8. The van der Waals surface area contributed by atoms with E-state index in [1.165, 1.54) is 27.7 Å². The van der Waals surface area contributed by atoms with Crippen LogP contribution in [0.15, 0.2) is 36.5 Å². The molecule has 5 nitrogen and oxygen atoms in total. The van der Waals surface area contributed by atoms with Crippen molar-refractivity contribution >= 4 is 51.0 Å². The number of carbonyl (C=O) groups is 1. The zero-order valence-corrected chi connectivity index (χ0v) is 15.9. The molecule has 0 amide bonds. The third-order valence-corrected chi connectivity index (χ3v) is 5.55. The van der Waals surface area contributed by atoms with Gasteiger partial charge in [0.15, 0.2) is 0 Å². The summed E-state index contributed by atoms with van der Waals surface area (Å²) in [5, 5.41) is 8.66. The first-order chi connectivity index (χ1) is 12.3. The number of carboxylic acids is 1. The van der Waals surface area contributed by atoms with Gasteiger partial charge >= 0.3 is 12.1 Å². The largest absolute Gasteiger partial charge is 0.481 e. The normalized spacial score (nSPS) is 11.4. The number of pyridine rings is 1. The van der Waals surface area contributed by atoms with Gasteiger partial charge in [0, 0.05) is 17.5 Å². The number of alkyl halides is 3. The van der Waals surface area contributed by atoms with E-state index in [1.54, 1.807) is 18.3 Å². The number of aromatic nitrogens is 3. The molecule has 2 heterocycles. The maximum atomic E-state index is 12.8. The predicted molar refractivity (Wildman–Crippen MR) is 103 cm³/mol. The Balaban J connectivity index is 0.00000261. The van der Waals surface area contributed by atoms with E-state index >= 15 is 0 Å². The van der Waals surface area contributed by atoms with Gasteiger partial charge in [-0.05, 0) is 30.3 Å². The fourth-order valence-corrected chi connectivity index (χ4v) is 4.01. The van der Waals surface area contributed by atoms with Gasteiger partial charge in [-0.1, -0.05) is 21.6 Å². The van der Waals surface area contributed by atoms with Crippen LogP contribution in [-0.4, -0.2) is 31.8 Å². The monoisotopic (exact) mass is 435 g/mol. The van der Waals surface area contributed by atoms with Crippen molar-refractivity contribution in [3.05, 3.63) is 47.8 Å². The summed E-state index contributed by atoms with van der Waals surface area (Å²) in [6.45, 7) is 0. The molecular weight excluding hydrogens is 423 g/mol. The molecule has 2 aromatic heterocycles. The molecule has 0 aliphatic rings. The Morgan fingerprint density at radius 3 is 2.70 bits per heavy atom. The second-order valence-corrected chi connectivity index (χ2v) is 7.69. The number of fused-ring (bicyclic) bond motifs is 1. The second kappa shape index (κ2) is 8.85. The first kappa shape index (κ1) is 21.4. The van der Waals surface area contributed by atoms with Gasteiger partial charge in [-0.25, -0.2) is 4.98 Å². The second-order valence-electron chi connectivity index (χ2n) is 5.23. The smallest absolute Gasteiger partial charge is 0.416 e. The van der Waals surface area contributed by atoms with Crippen LogP contribution in [0.5, 0.6) is 0 Å². The summed E-state index contributed by atoms with van der Waals surface area (Å²) >= 11 is 0. The fraction of sp³-hybridized carbons (Fsp3) is 0.188. The van der Waals surface area contributed by atoms with E-state index in [2.05, 4.69) is 15.0 Å². The SMILES string of the molecule is Cl.O=C(O)CSSCc1ncccc1-c1nc2cc(C(F)(F)F)ccc2[nH]1. The van der Waals surface area contributed by atoms with Crippen LogP contribution in [0.3, 0.4) is 0 Å². The first-order valence-corrected chi connectivity index (χ1v) is 9.81. The molecule has 0 saturated carbocycles. The number of halogens is 4. The van der Waals surface area contributed by atoms with Crippen LogP contribution in [0.1, 0.15) is 11.3 Å². The predicted octanol–water partition coefficient (Wildman–Crippen LogP) is 5.03. The van der Waals surface area contributed by atoms with E-state index in [1.807, 2.05) is 0 Å². The van der Waals surface area contributed by atoms with E-state index in [4.69, 9.17) is 5.11 Å². The summed E-state index contributed by atoms with van der Waals surface area (Å²) in [5.41, 5.74) is 1.30. The average molecular weight is 436 g/mol. The Morgan fingerprint density at radius 2 is 2.00 bits per heavy atom. The summed E-state index contributed by atoms with van der Waals surface area (Å²) in [5.74, 6) is -0.0656. The Labute approximate surface area is 166 Å². The highest BCUT2D eigenvalue weighted by molar-refractivity contribution is 8.76. The molecule has 0 unspecified atom stereocenters. The van der Waals surface area contributed by atoms with Gasteiger partial charge in [0.25, 0.3) is 0 Å². The van der Waals surface area contributed by atoms with Crippen molar-refractivity contribution in [2.45, 2.75) is 11.9 Å². The van der Waals surface area contributed by atoms with E-state index < -0.39 is 17.7 Å². The number of imidazole rings is 1. The molecule has 0 atom stereocenters. The molecule has 3 aromatic rings. The van der Waals surface area contributed by atoms with Crippen molar-refractivity contribution in [1.82, 2.24) is 15.0 Å². The summed E-state index contributed by atoms with van der Waals surface area (Å²) in [7, 11) is 2.53. The van der Waals surface area contributed by atoms with E-state index in [-0.39, 0.29) is 23.7 Å². The number of aromatic amines is 1. The van der Waals surface area contributed by atoms with Crippen LogP contribution < -0.4 is 0 Å². The highest BCUT2D eigenvalue weighted by atomic mass is 35.5. The standard InChI is InChI=1S/C16H12F3N3O2S2.ClH/c17-16(18,19)9-3-4-11-12(6-9)22-15(21-11)10-2-1-5-20-13(10)7-25-26-8-14(23)24;/h1-6H,7-8H2,(H,21,22)(H,23,24);1H. The van der Waals surface area contributed by atoms with Gasteiger partial charge in [-0.2, -0.15) is 13.2 Å². The van der Waals surface area contributed by atoms with Crippen molar-refractivity contribution in [1.29, 1.82) is 0 Å². The Kier molecular flexibility index (Phi) is 7.01. The Hall–Kier alpha value is -1.91. The molecule has 27 heavy (non-hydrogen) atoms. The van der Waals surface area contributed by atoms with Crippen LogP contribution in [-0.2, 0) is 16.7 Å². The highest BCUT2D eigenvalue weighted by Gasteiger charge is 2.30. The summed E-state index contributed by atoms with van der Waals surface area (Å²) in [4.78, 5) is 22.1. The molecule has 0 spiro atoms. The summed E-state index contributed by atoms with van der Waals surface area (Å²) in [6.07, 6.45) is -2.82. The molecular formula is C16H13ClF3N3O2S2. The van der Waals surface area contributed by atoms with Gasteiger partial charge in [-0.3, -0.25) is 9.78 Å². The Bertz CT molecular complexity index is 950. The average Bonchev–Trinajstić information content (AvgIpc) is 3.01. The minimum atomic E-state index is -4.43. The fourth-order valence-electron chi connectivity index (χ4n) is 2.27. The Morgan fingerprint density at radius 1 is 1.22 bits per heavy atom. The topological polar surface area (TPSA) is 78.9 Å². The van der Waals surface area contributed by atoms with Crippen molar-refractivity contribution in [2.75, 3.05) is 5.75 Å². The number of H-pyrrole nitrogens is 1. The van der Waals surface area contributed by atoms with Crippen LogP contribution >= 0.6 is 34.0 Å². The van der Waals surface area contributed by atoms with Crippen LogP contribution in [0.4, 0.5) is 13.2 Å². The molecule has 0 radical (unpaired) electrons. The lowest BCUT2D eigenvalue weighted by Crippen LogP contribution is -2.04. The molecule has 2 N–H and O–H groups in total. The van der Waals surface area contributed by atoms with Gasteiger partial charge in [-0.15, -0.1) is 12.4 Å². The highest BCUT2D eigenvalue weighted by Crippen LogP contribution is 2.33. The molecule has 1 aromatic carbocycles. The molecule has 3 rings (SSSR count). The molecule has 144 valence electrons. The number of rotatable bonds is 6. The summed E-state index contributed by atoms with van der Waals surface area (Å²) in [6, 6.07) is 6.84. The first-order valence-electron chi connectivity index (χ1n) is 7.32. The van der Waals surface area contributed by atoms with E-state index in [0.717, 1.165) is 12.1 Å². The van der Waals surface area contributed by atoms with Gasteiger partial charge in [0.05, 0.1) is 22.3 Å². The zero-order valence-electron chi connectivity index (χ0n) is 13.5. The van der Waals surface area contributed by atoms with Crippen LogP contribution in [0, 0.1) is 0 Å². The summed E-state index contributed by atoms with van der Waals surface area (Å²) < 4.78 is 38.5. The number of hydrogen-bond donors (Lipinski definition) is 2. The minimum absolute atomic E-state index is 0. The number of aliphatic carboxylic acids is 1. The quantitative estimate of drug-likeness (QED) is 0.417. The maximum Gasteiger partial charge on any atom is 0.416 e. The van der Waals surface area contributed by atoms with E-state index in [0.29, 0.717) is 28.4 Å².